The zero-order valence-corrected chi connectivity index (χ0v) is 14.1. The van der Waals surface area contributed by atoms with Crippen molar-refractivity contribution in [3.05, 3.63) is 84.1 Å². The molecule has 0 spiro atoms. The minimum atomic E-state index is -0.320. The summed E-state index contributed by atoms with van der Waals surface area (Å²) in [6.45, 7) is 0.329. The van der Waals surface area contributed by atoms with Crippen molar-refractivity contribution in [2.24, 2.45) is 0 Å². The Labute approximate surface area is 154 Å². The maximum Gasteiger partial charge on any atom is 0.269 e. The van der Waals surface area contributed by atoms with E-state index in [4.69, 9.17) is 4.42 Å². The number of aromatic amines is 1. The minimum Gasteiger partial charge on any atom is -0.463 e. The first-order valence-corrected chi connectivity index (χ1v) is 8.27. The Morgan fingerprint density at radius 2 is 1.96 bits per heavy atom. The van der Waals surface area contributed by atoms with Crippen molar-refractivity contribution < 1.29 is 13.6 Å². The van der Waals surface area contributed by atoms with Crippen molar-refractivity contribution in [1.82, 2.24) is 20.5 Å². The van der Waals surface area contributed by atoms with Gasteiger partial charge in [0.05, 0.1) is 12.0 Å². The predicted octanol–water partition coefficient (Wildman–Crippen LogP) is 3.80. The molecule has 0 fully saturated rings. The van der Waals surface area contributed by atoms with Crippen LogP contribution in [0, 0.1) is 5.82 Å². The second-order valence-corrected chi connectivity index (χ2v) is 5.89. The molecule has 1 amide bonds. The van der Waals surface area contributed by atoms with E-state index in [1.165, 1.54) is 12.1 Å². The highest BCUT2D eigenvalue weighted by atomic mass is 19.1. The number of carbonyl (C=O) groups is 1. The van der Waals surface area contributed by atoms with Crippen molar-refractivity contribution in [2.45, 2.75) is 6.54 Å². The highest BCUT2D eigenvalue weighted by Crippen LogP contribution is 2.19. The fourth-order valence-electron chi connectivity index (χ4n) is 2.58. The summed E-state index contributed by atoms with van der Waals surface area (Å²) in [6.07, 6.45) is 3.28. The summed E-state index contributed by atoms with van der Waals surface area (Å²) in [4.78, 5) is 16.6. The van der Waals surface area contributed by atoms with E-state index in [0.29, 0.717) is 23.7 Å². The first kappa shape index (κ1) is 16.7. The molecule has 0 aliphatic rings. The van der Waals surface area contributed by atoms with E-state index in [1.54, 1.807) is 36.7 Å². The maximum atomic E-state index is 13.0. The molecule has 0 unspecified atom stereocenters. The van der Waals surface area contributed by atoms with E-state index in [-0.39, 0.29) is 11.7 Å². The Morgan fingerprint density at radius 1 is 1.11 bits per heavy atom. The van der Waals surface area contributed by atoms with Gasteiger partial charge >= 0.3 is 0 Å². The van der Waals surface area contributed by atoms with Crippen molar-refractivity contribution in [2.75, 3.05) is 0 Å². The molecule has 3 heterocycles. The summed E-state index contributed by atoms with van der Waals surface area (Å²) in [5.41, 5.74) is 3.22. The third-order valence-corrected chi connectivity index (χ3v) is 4.01. The summed E-state index contributed by atoms with van der Waals surface area (Å²) >= 11 is 0. The molecule has 0 saturated heterocycles. The summed E-state index contributed by atoms with van der Waals surface area (Å²) < 4.78 is 18.3. The molecule has 6 nitrogen and oxygen atoms in total. The summed E-state index contributed by atoms with van der Waals surface area (Å²) in [5, 5.41) is 9.61. The molecule has 0 bridgehead atoms. The van der Waals surface area contributed by atoms with Crippen LogP contribution in [0.25, 0.3) is 22.7 Å². The highest BCUT2D eigenvalue weighted by Gasteiger charge is 2.11. The van der Waals surface area contributed by atoms with Gasteiger partial charge in [0, 0.05) is 18.3 Å². The van der Waals surface area contributed by atoms with Crippen molar-refractivity contribution in [3.63, 3.8) is 0 Å². The number of benzene rings is 1. The number of hydrogen-bond acceptors (Lipinski definition) is 4. The van der Waals surface area contributed by atoms with Crippen LogP contribution in [0.4, 0.5) is 4.39 Å². The largest absolute Gasteiger partial charge is 0.463 e. The van der Waals surface area contributed by atoms with Crippen LogP contribution in [0.3, 0.4) is 0 Å². The summed E-state index contributed by atoms with van der Waals surface area (Å²) in [7, 11) is 0. The number of nitrogens with one attached hydrogen (secondary N) is 2. The van der Waals surface area contributed by atoms with Gasteiger partial charge in [0.2, 0.25) is 0 Å². The van der Waals surface area contributed by atoms with Crippen LogP contribution in [0.1, 0.15) is 16.1 Å². The zero-order chi connectivity index (χ0) is 18.6. The Kier molecular flexibility index (Phi) is 4.49. The topological polar surface area (TPSA) is 83.8 Å². The molecule has 4 rings (SSSR count). The molecule has 0 saturated carbocycles. The molecular weight excluding hydrogens is 347 g/mol. The van der Waals surface area contributed by atoms with Crippen molar-refractivity contribution >= 4 is 5.91 Å². The predicted molar refractivity (Wildman–Crippen MR) is 97.1 cm³/mol. The molecule has 3 aromatic heterocycles. The molecule has 0 atom stereocenters. The van der Waals surface area contributed by atoms with Gasteiger partial charge in [-0.2, -0.15) is 5.10 Å². The lowest BCUT2D eigenvalue weighted by atomic mass is 10.1. The number of H-pyrrole nitrogens is 1. The number of halogens is 1. The molecule has 2 N–H and O–H groups in total. The molecule has 0 aliphatic carbocycles. The standard InChI is InChI=1S/C20H15FN4O2/c21-15-6-4-14(5-7-15)17-10-18(25-24-17)20(26)23-12-13-3-8-16(22-11-13)19-2-1-9-27-19/h1-11H,12H2,(H,23,26)(H,24,25). The first-order chi connectivity index (χ1) is 13.2. The van der Waals surface area contributed by atoms with Gasteiger partial charge in [-0.05, 0) is 54.1 Å². The lowest BCUT2D eigenvalue weighted by Crippen LogP contribution is -2.23. The zero-order valence-electron chi connectivity index (χ0n) is 14.1. The number of pyridine rings is 1. The third kappa shape index (κ3) is 3.77. The van der Waals surface area contributed by atoms with Gasteiger partial charge < -0.3 is 9.73 Å². The Balaban J connectivity index is 1.39. The normalized spacial score (nSPS) is 10.7. The fourth-order valence-corrected chi connectivity index (χ4v) is 2.58. The van der Waals surface area contributed by atoms with Gasteiger partial charge in [-0.1, -0.05) is 6.07 Å². The van der Waals surface area contributed by atoms with E-state index in [0.717, 1.165) is 16.8 Å². The molecule has 1 aromatic carbocycles. The molecule has 7 heteroatoms. The monoisotopic (exact) mass is 362 g/mol. The van der Waals surface area contributed by atoms with Gasteiger partial charge in [0.25, 0.3) is 5.91 Å². The van der Waals surface area contributed by atoms with Crippen LogP contribution in [0.15, 0.2) is 71.5 Å². The quantitative estimate of drug-likeness (QED) is 0.566. The number of amides is 1. The van der Waals surface area contributed by atoms with Gasteiger partial charge in [-0.3, -0.25) is 14.9 Å². The van der Waals surface area contributed by atoms with Crippen LogP contribution in [-0.2, 0) is 6.54 Å². The summed E-state index contributed by atoms with van der Waals surface area (Å²) in [6, 6.07) is 14.9. The van der Waals surface area contributed by atoms with Gasteiger partial charge in [0.15, 0.2) is 5.76 Å². The molecule has 27 heavy (non-hydrogen) atoms. The highest BCUT2D eigenvalue weighted by molar-refractivity contribution is 5.93. The lowest BCUT2D eigenvalue weighted by Gasteiger charge is -2.04. The molecule has 0 radical (unpaired) electrons. The molecule has 134 valence electrons. The third-order valence-electron chi connectivity index (χ3n) is 4.01. The number of nitrogens with zero attached hydrogens (tertiary/aromatic N) is 2. The number of rotatable bonds is 5. The average Bonchev–Trinajstić information content (AvgIpc) is 3.39. The first-order valence-electron chi connectivity index (χ1n) is 8.27. The van der Waals surface area contributed by atoms with E-state index >= 15 is 0 Å². The van der Waals surface area contributed by atoms with Crippen LogP contribution in [0.5, 0.6) is 0 Å². The lowest BCUT2D eigenvalue weighted by molar-refractivity contribution is 0.0946. The minimum absolute atomic E-state index is 0.286. The summed E-state index contributed by atoms with van der Waals surface area (Å²) in [5.74, 6) is 0.0845. The van der Waals surface area contributed by atoms with E-state index in [9.17, 15) is 9.18 Å². The van der Waals surface area contributed by atoms with Gasteiger partial charge in [-0.25, -0.2) is 4.39 Å². The van der Waals surface area contributed by atoms with E-state index in [2.05, 4.69) is 20.5 Å². The Bertz CT molecular complexity index is 1040. The van der Waals surface area contributed by atoms with Crippen molar-refractivity contribution in [1.29, 1.82) is 0 Å². The van der Waals surface area contributed by atoms with Gasteiger partial charge in [0.1, 0.15) is 17.2 Å². The van der Waals surface area contributed by atoms with E-state index < -0.39 is 0 Å². The number of aromatic nitrogens is 3. The maximum absolute atomic E-state index is 13.0. The SMILES string of the molecule is O=C(NCc1ccc(-c2ccco2)nc1)c1cc(-c2ccc(F)cc2)n[nH]1. The fraction of sp³-hybridized carbons (Fsp3) is 0.0500. The van der Waals surface area contributed by atoms with E-state index in [1.807, 2.05) is 18.2 Å². The van der Waals surface area contributed by atoms with Gasteiger partial charge in [-0.15, -0.1) is 0 Å². The number of furan rings is 1. The second kappa shape index (κ2) is 7.25. The van der Waals surface area contributed by atoms with Crippen LogP contribution in [0.2, 0.25) is 0 Å². The molecule has 0 aliphatic heterocycles. The Morgan fingerprint density at radius 3 is 2.67 bits per heavy atom. The molecular formula is C20H15FN4O2. The number of hydrogen-bond donors (Lipinski definition) is 2. The van der Waals surface area contributed by atoms with Crippen LogP contribution in [-0.4, -0.2) is 21.1 Å². The van der Waals surface area contributed by atoms with Crippen LogP contribution < -0.4 is 5.32 Å². The molecule has 4 aromatic rings. The second-order valence-electron chi connectivity index (χ2n) is 5.89. The number of carbonyl (C=O) groups excluding carboxylic acids is 1. The Hall–Kier alpha value is -3.74. The van der Waals surface area contributed by atoms with Crippen molar-refractivity contribution in [3.8, 4) is 22.7 Å². The van der Waals surface area contributed by atoms with Crippen LogP contribution >= 0.6 is 0 Å². The smallest absolute Gasteiger partial charge is 0.269 e. The average molecular weight is 362 g/mol.